The van der Waals surface area contributed by atoms with E-state index < -0.39 is 0 Å². The van der Waals surface area contributed by atoms with E-state index in [1.165, 1.54) is 18.6 Å². The number of hydrogen-bond donors (Lipinski definition) is 1. The fourth-order valence-corrected chi connectivity index (χ4v) is 4.51. The van der Waals surface area contributed by atoms with Crippen molar-refractivity contribution >= 4 is 17.5 Å². The molecule has 3 atom stereocenters. The molecule has 0 radical (unpaired) electrons. The molecule has 2 fully saturated rings. The molecule has 7 heteroatoms. The maximum Gasteiger partial charge on any atom is 0.240 e. The summed E-state index contributed by atoms with van der Waals surface area (Å²) < 4.78 is 13.2. The number of rotatable bonds is 5. The van der Waals surface area contributed by atoms with Gasteiger partial charge in [0.05, 0.1) is 12.6 Å². The van der Waals surface area contributed by atoms with Gasteiger partial charge in [-0.25, -0.2) is 4.39 Å². The number of halogens is 1. The van der Waals surface area contributed by atoms with Crippen LogP contribution in [0.1, 0.15) is 40.0 Å². The van der Waals surface area contributed by atoms with Crippen molar-refractivity contribution in [1.82, 2.24) is 14.7 Å². The lowest BCUT2D eigenvalue weighted by Crippen LogP contribution is -2.58. The molecule has 2 heterocycles. The lowest BCUT2D eigenvalue weighted by molar-refractivity contribution is -0.143. The number of piperazine rings is 1. The van der Waals surface area contributed by atoms with Crippen LogP contribution in [0.5, 0.6) is 0 Å². The summed E-state index contributed by atoms with van der Waals surface area (Å²) in [6, 6.07) is 6.39. The quantitative estimate of drug-likeness (QED) is 0.820. The predicted octanol–water partition coefficient (Wildman–Crippen LogP) is 2.56. The first-order valence-corrected chi connectivity index (χ1v) is 10.7. The van der Waals surface area contributed by atoms with Crippen LogP contribution in [0.15, 0.2) is 24.3 Å². The minimum absolute atomic E-state index is 0.138. The van der Waals surface area contributed by atoms with Crippen LogP contribution in [-0.2, 0) is 9.59 Å². The number of anilines is 1. The molecule has 160 valence electrons. The van der Waals surface area contributed by atoms with E-state index in [2.05, 4.69) is 33.9 Å². The largest absolute Gasteiger partial charge is 0.336 e. The standard InChI is InChI=1S/C22H33FN4O2/c1-16-6-4-7-17(2)27(16)22(29)18(3)26-12-10-25(11-13-26)15-21(28)24-20-9-5-8-19(23)14-20/h5,8-9,14,16-18H,4,6-7,10-13,15H2,1-3H3,(H,24,28)/t16-,17+,18-/m1/s1. The van der Waals surface area contributed by atoms with Crippen molar-refractivity contribution in [3.05, 3.63) is 30.1 Å². The summed E-state index contributed by atoms with van der Waals surface area (Å²) in [6.45, 7) is 9.56. The summed E-state index contributed by atoms with van der Waals surface area (Å²) in [6.07, 6.45) is 3.35. The van der Waals surface area contributed by atoms with Crippen LogP contribution < -0.4 is 5.32 Å². The molecule has 2 aliphatic heterocycles. The van der Waals surface area contributed by atoms with Crippen molar-refractivity contribution in [2.24, 2.45) is 0 Å². The van der Waals surface area contributed by atoms with Crippen molar-refractivity contribution < 1.29 is 14.0 Å². The van der Waals surface area contributed by atoms with Gasteiger partial charge in [-0.05, 0) is 58.2 Å². The van der Waals surface area contributed by atoms with E-state index in [1.54, 1.807) is 12.1 Å². The van der Waals surface area contributed by atoms with Gasteiger partial charge in [-0.1, -0.05) is 6.07 Å². The first-order valence-electron chi connectivity index (χ1n) is 10.7. The van der Waals surface area contributed by atoms with E-state index in [4.69, 9.17) is 0 Å². The normalized spacial score (nSPS) is 24.9. The van der Waals surface area contributed by atoms with Gasteiger partial charge in [0.1, 0.15) is 5.82 Å². The highest BCUT2D eigenvalue weighted by Crippen LogP contribution is 2.24. The van der Waals surface area contributed by atoms with Gasteiger partial charge in [0.2, 0.25) is 11.8 Å². The van der Waals surface area contributed by atoms with Gasteiger partial charge in [0.25, 0.3) is 0 Å². The van der Waals surface area contributed by atoms with E-state index in [0.717, 1.165) is 39.0 Å². The van der Waals surface area contributed by atoms with Crippen molar-refractivity contribution in [3.8, 4) is 0 Å². The number of nitrogens with zero attached hydrogens (tertiary/aromatic N) is 3. The summed E-state index contributed by atoms with van der Waals surface area (Å²) in [7, 11) is 0. The van der Waals surface area contributed by atoms with E-state index in [0.29, 0.717) is 17.8 Å². The lowest BCUT2D eigenvalue weighted by Gasteiger charge is -2.44. The van der Waals surface area contributed by atoms with Gasteiger partial charge >= 0.3 is 0 Å². The zero-order valence-corrected chi connectivity index (χ0v) is 17.7. The maximum absolute atomic E-state index is 13.2. The molecular formula is C22H33FN4O2. The van der Waals surface area contributed by atoms with Gasteiger partial charge in [-0.15, -0.1) is 0 Å². The Kier molecular flexibility index (Phi) is 7.24. The van der Waals surface area contributed by atoms with Crippen LogP contribution in [0.4, 0.5) is 10.1 Å². The maximum atomic E-state index is 13.2. The molecule has 1 aromatic carbocycles. The Bertz CT molecular complexity index is 711. The Morgan fingerprint density at radius 1 is 1.14 bits per heavy atom. The third kappa shape index (κ3) is 5.54. The van der Waals surface area contributed by atoms with Gasteiger partial charge in [0.15, 0.2) is 0 Å². The van der Waals surface area contributed by atoms with Crippen molar-refractivity contribution in [2.75, 3.05) is 38.0 Å². The van der Waals surface area contributed by atoms with E-state index >= 15 is 0 Å². The summed E-state index contributed by atoms with van der Waals surface area (Å²) in [5.41, 5.74) is 0.470. The molecule has 0 saturated carbocycles. The highest BCUT2D eigenvalue weighted by Gasteiger charge is 2.35. The van der Waals surface area contributed by atoms with E-state index in [-0.39, 0.29) is 30.2 Å². The summed E-state index contributed by atoms with van der Waals surface area (Å²) >= 11 is 0. The SMILES string of the molecule is C[C@H](C(=O)N1[C@H](C)CCC[C@@H]1C)N1CCN(CC(=O)Nc2cccc(F)c2)CC1. The molecule has 0 aliphatic carbocycles. The Hall–Kier alpha value is -1.99. The molecule has 0 spiro atoms. The Balaban J connectivity index is 1.47. The molecule has 2 saturated heterocycles. The molecule has 6 nitrogen and oxygen atoms in total. The Morgan fingerprint density at radius 2 is 1.79 bits per heavy atom. The highest BCUT2D eigenvalue weighted by molar-refractivity contribution is 5.92. The molecule has 2 amide bonds. The van der Waals surface area contributed by atoms with E-state index in [1.807, 2.05) is 6.92 Å². The van der Waals surface area contributed by atoms with Crippen LogP contribution >= 0.6 is 0 Å². The second-order valence-corrected chi connectivity index (χ2v) is 8.42. The minimum Gasteiger partial charge on any atom is -0.336 e. The highest BCUT2D eigenvalue weighted by atomic mass is 19.1. The lowest BCUT2D eigenvalue weighted by atomic mass is 9.96. The first-order chi connectivity index (χ1) is 13.8. The van der Waals surface area contributed by atoms with Crippen LogP contribution in [0.3, 0.4) is 0 Å². The fraction of sp³-hybridized carbons (Fsp3) is 0.636. The van der Waals surface area contributed by atoms with Crippen LogP contribution in [0, 0.1) is 5.82 Å². The molecule has 0 bridgehead atoms. The average Bonchev–Trinajstić information content (AvgIpc) is 2.67. The number of carbonyl (C=O) groups excluding carboxylic acids is 2. The molecule has 3 rings (SSSR count). The number of hydrogen-bond acceptors (Lipinski definition) is 4. The number of nitrogens with one attached hydrogen (secondary N) is 1. The molecule has 2 aliphatic rings. The molecule has 1 N–H and O–H groups in total. The second kappa shape index (κ2) is 9.67. The third-order valence-corrected chi connectivity index (χ3v) is 6.24. The van der Waals surface area contributed by atoms with Gasteiger partial charge in [-0.3, -0.25) is 19.4 Å². The van der Waals surface area contributed by atoms with Crippen molar-refractivity contribution in [3.63, 3.8) is 0 Å². The first kappa shape index (κ1) is 21.7. The van der Waals surface area contributed by atoms with Gasteiger partial charge in [0, 0.05) is 44.0 Å². The molecule has 0 aromatic heterocycles. The zero-order valence-electron chi connectivity index (χ0n) is 17.7. The zero-order chi connectivity index (χ0) is 21.0. The number of likely N-dealkylation sites (tertiary alicyclic amines) is 1. The Labute approximate surface area is 173 Å². The van der Waals surface area contributed by atoms with Crippen LogP contribution in [0.2, 0.25) is 0 Å². The second-order valence-electron chi connectivity index (χ2n) is 8.42. The number of benzene rings is 1. The van der Waals surface area contributed by atoms with Crippen LogP contribution in [0.25, 0.3) is 0 Å². The smallest absolute Gasteiger partial charge is 0.240 e. The Morgan fingerprint density at radius 3 is 2.41 bits per heavy atom. The molecule has 1 aromatic rings. The van der Waals surface area contributed by atoms with Gasteiger partial charge in [-0.2, -0.15) is 0 Å². The number of amides is 2. The monoisotopic (exact) mass is 404 g/mol. The number of piperidine rings is 1. The van der Waals surface area contributed by atoms with Crippen molar-refractivity contribution in [2.45, 2.75) is 58.2 Å². The van der Waals surface area contributed by atoms with Crippen LogP contribution in [-0.4, -0.2) is 77.4 Å². The fourth-order valence-electron chi connectivity index (χ4n) is 4.51. The summed E-state index contributed by atoms with van der Waals surface area (Å²) in [5.74, 6) is -0.293. The summed E-state index contributed by atoms with van der Waals surface area (Å²) in [5, 5.41) is 2.74. The molecular weight excluding hydrogens is 371 g/mol. The minimum atomic E-state index is -0.368. The number of carbonyl (C=O) groups is 2. The average molecular weight is 405 g/mol. The molecule has 29 heavy (non-hydrogen) atoms. The van der Waals surface area contributed by atoms with E-state index in [9.17, 15) is 14.0 Å². The summed E-state index contributed by atoms with van der Waals surface area (Å²) in [4.78, 5) is 31.7. The molecule has 0 unspecified atom stereocenters. The predicted molar refractivity (Wildman–Crippen MR) is 112 cm³/mol. The third-order valence-electron chi connectivity index (χ3n) is 6.24. The van der Waals surface area contributed by atoms with Gasteiger partial charge < -0.3 is 10.2 Å². The van der Waals surface area contributed by atoms with Crippen molar-refractivity contribution in [1.29, 1.82) is 0 Å². The topological polar surface area (TPSA) is 55.9 Å².